The predicted molar refractivity (Wildman–Crippen MR) is 119 cm³/mol. The largest absolute Gasteiger partial charge is 0.447 e. The molecular weight excluding hydrogens is 404 g/mol. The number of pyridine rings is 1. The quantitative estimate of drug-likeness (QED) is 0.746. The van der Waals surface area contributed by atoms with Gasteiger partial charge in [-0.1, -0.05) is 6.07 Å². The van der Waals surface area contributed by atoms with Crippen LogP contribution in [0.1, 0.15) is 28.4 Å². The molecule has 30 heavy (non-hydrogen) atoms. The smallest absolute Gasteiger partial charge is 0.414 e. The highest BCUT2D eigenvalue weighted by Gasteiger charge is 2.31. The Morgan fingerprint density at radius 2 is 1.77 bits per heavy atom. The number of carbonyl (C=O) groups is 2. The lowest BCUT2D eigenvalue weighted by Gasteiger charge is -2.36. The molecule has 2 saturated heterocycles. The van der Waals surface area contributed by atoms with E-state index in [0.29, 0.717) is 25.3 Å². The van der Waals surface area contributed by atoms with Crippen molar-refractivity contribution in [3.63, 3.8) is 0 Å². The lowest BCUT2D eigenvalue weighted by atomic mass is 10.1. The van der Waals surface area contributed by atoms with Crippen LogP contribution in [-0.2, 0) is 4.74 Å². The maximum Gasteiger partial charge on any atom is 0.414 e. The average molecular weight is 431 g/mol. The van der Waals surface area contributed by atoms with Gasteiger partial charge in [0.2, 0.25) is 0 Å². The minimum absolute atomic E-state index is 0. The van der Waals surface area contributed by atoms with Crippen molar-refractivity contribution in [2.75, 3.05) is 42.6 Å². The Balaban J connectivity index is 0.00000256. The molecule has 4 rings (SSSR count). The summed E-state index contributed by atoms with van der Waals surface area (Å²) in [6.45, 7) is 9.28. The van der Waals surface area contributed by atoms with E-state index in [9.17, 15) is 9.59 Å². The van der Waals surface area contributed by atoms with E-state index < -0.39 is 0 Å². The van der Waals surface area contributed by atoms with Crippen LogP contribution in [0.4, 0.5) is 16.3 Å². The molecule has 0 aliphatic carbocycles. The Labute approximate surface area is 183 Å². The van der Waals surface area contributed by atoms with Gasteiger partial charge in [-0.15, -0.1) is 12.4 Å². The summed E-state index contributed by atoms with van der Waals surface area (Å²) in [5.41, 5.74) is 3.70. The van der Waals surface area contributed by atoms with Gasteiger partial charge in [0.15, 0.2) is 0 Å². The number of hydrogen-bond donors (Lipinski definition) is 0. The Bertz CT molecular complexity index is 926. The SMILES string of the molecule is Cc1cnc(N2CCN(C(=O)c3ccc(N4C(=O)OCC4C)cc3)CC2)c(C)c1.Cl. The molecule has 0 radical (unpaired) electrons. The summed E-state index contributed by atoms with van der Waals surface area (Å²) in [7, 11) is 0. The second-order valence-electron chi connectivity index (χ2n) is 7.78. The van der Waals surface area contributed by atoms with E-state index in [-0.39, 0.29) is 30.4 Å². The van der Waals surface area contributed by atoms with E-state index in [2.05, 4.69) is 22.9 Å². The average Bonchev–Trinajstić information content (AvgIpc) is 3.06. The van der Waals surface area contributed by atoms with Crippen LogP contribution >= 0.6 is 12.4 Å². The van der Waals surface area contributed by atoms with Gasteiger partial charge in [-0.05, 0) is 56.2 Å². The molecule has 0 N–H and O–H groups in total. The number of ether oxygens (including phenoxy) is 1. The van der Waals surface area contributed by atoms with E-state index in [1.54, 1.807) is 17.0 Å². The number of halogens is 1. The summed E-state index contributed by atoms with van der Waals surface area (Å²) in [4.78, 5) is 35.1. The molecule has 1 aromatic heterocycles. The van der Waals surface area contributed by atoms with Gasteiger partial charge in [0, 0.05) is 43.6 Å². The molecule has 2 aliphatic heterocycles. The van der Waals surface area contributed by atoms with E-state index in [4.69, 9.17) is 4.74 Å². The van der Waals surface area contributed by atoms with Gasteiger partial charge in [-0.3, -0.25) is 9.69 Å². The number of nitrogens with zero attached hydrogens (tertiary/aromatic N) is 4. The summed E-state index contributed by atoms with van der Waals surface area (Å²) < 4.78 is 5.07. The number of piperazine rings is 1. The van der Waals surface area contributed by atoms with Crippen LogP contribution in [0.2, 0.25) is 0 Å². The second kappa shape index (κ2) is 8.92. The zero-order valence-corrected chi connectivity index (χ0v) is 18.3. The molecule has 2 amide bonds. The van der Waals surface area contributed by atoms with Gasteiger partial charge >= 0.3 is 6.09 Å². The summed E-state index contributed by atoms with van der Waals surface area (Å²) in [6.07, 6.45) is 1.55. The van der Waals surface area contributed by atoms with E-state index in [1.807, 2.05) is 37.1 Å². The van der Waals surface area contributed by atoms with Gasteiger partial charge in [0.05, 0.1) is 6.04 Å². The molecule has 0 spiro atoms. The van der Waals surface area contributed by atoms with Crippen molar-refractivity contribution in [2.24, 2.45) is 0 Å². The number of anilines is 2. The molecule has 0 bridgehead atoms. The van der Waals surface area contributed by atoms with Crippen molar-refractivity contribution in [1.29, 1.82) is 0 Å². The van der Waals surface area contributed by atoms with Gasteiger partial charge in [0.25, 0.3) is 5.91 Å². The third kappa shape index (κ3) is 4.21. The normalized spacial score (nSPS) is 18.8. The molecule has 8 heteroatoms. The third-order valence-corrected chi connectivity index (χ3v) is 5.53. The number of hydrogen-bond acceptors (Lipinski definition) is 5. The molecular formula is C22H27ClN4O3. The van der Waals surface area contributed by atoms with Crippen molar-refractivity contribution >= 4 is 35.9 Å². The molecule has 7 nitrogen and oxygen atoms in total. The van der Waals surface area contributed by atoms with Crippen molar-refractivity contribution in [2.45, 2.75) is 26.8 Å². The number of aromatic nitrogens is 1. The zero-order valence-electron chi connectivity index (χ0n) is 17.5. The first-order valence-electron chi connectivity index (χ1n) is 9.97. The van der Waals surface area contributed by atoms with Gasteiger partial charge in [-0.25, -0.2) is 9.78 Å². The van der Waals surface area contributed by atoms with Crippen molar-refractivity contribution in [3.05, 3.63) is 53.2 Å². The van der Waals surface area contributed by atoms with E-state index in [0.717, 1.165) is 35.7 Å². The lowest BCUT2D eigenvalue weighted by molar-refractivity contribution is 0.0746. The molecule has 2 aromatic rings. The van der Waals surface area contributed by atoms with Crippen LogP contribution in [0, 0.1) is 13.8 Å². The van der Waals surface area contributed by atoms with Crippen molar-refractivity contribution in [3.8, 4) is 0 Å². The van der Waals surface area contributed by atoms with Crippen LogP contribution in [-0.4, -0.2) is 60.7 Å². The summed E-state index contributed by atoms with van der Waals surface area (Å²) in [6, 6.07) is 9.33. The zero-order chi connectivity index (χ0) is 20.5. The lowest BCUT2D eigenvalue weighted by Crippen LogP contribution is -2.49. The first-order valence-corrected chi connectivity index (χ1v) is 9.97. The minimum Gasteiger partial charge on any atom is -0.447 e. The maximum absolute atomic E-state index is 12.9. The van der Waals surface area contributed by atoms with Crippen LogP contribution in [0.5, 0.6) is 0 Å². The Morgan fingerprint density at radius 3 is 2.33 bits per heavy atom. The molecule has 160 valence electrons. The van der Waals surface area contributed by atoms with Gasteiger partial charge in [0.1, 0.15) is 12.4 Å². The Morgan fingerprint density at radius 1 is 1.10 bits per heavy atom. The summed E-state index contributed by atoms with van der Waals surface area (Å²) in [5, 5.41) is 0. The van der Waals surface area contributed by atoms with E-state index >= 15 is 0 Å². The molecule has 2 fully saturated rings. The number of benzene rings is 1. The monoisotopic (exact) mass is 430 g/mol. The first-order chi connectivity index (χ1) is 13.9. The van der Waals surface area contributed by atoms with Crippen LogP contribution in [0.25, 0.3) is 0 Å². The third-order valence-electron chi connectivity index (χ3n) is 5.53. The fourth-order valence-corrected chi connectivity index (χ4v) is 3.98. The predicted octanol–water partition coefficient (Wildman–Crippen LogP) is 3.43. The Hall–Kier alpha value is -2.80. The van der Waals surface area contributed by atoms with Crippen molar-refractivity contribution in [1.82, 2.24) is 9.88 Å². The second-order valence-corrected chi connectivity index (χ2v) is 7.78. The fraction of sp³-hybridized carbons (Fsp3) is 0.409. The number of amides is 2. The fourth-order valence-electron chi connectivity index (χ4n) is 3.98. The summed E-state index contributed by atoms with van der Waals surface area (Å²) >= 11 is 0. The van der Waals surface area contributed by atoms with Crippen LogP contribution in [0.3, 0.4) is 0 Å². The van der Waals surface area contributed by atoms with Crippen LogP contribution in [0.15, 0.2) is 36.5 Å². The first kappa shape index (κ1) is 21.9. The molecule has 2 aliphatic rings. The highest BCUT2D eigenvalue weighted by atomic mass is 35.5. The maximum atomic E-state index is 12.9. The molecule has 1 aromatic carbocycles. The molecule has 1 unspecified atom stereocenters. The summed E-state index contributed by atoms with van der Waals surface area (Å²) in [5.74, 6) is 1.01. The van der Waals surface area contributed by atoms with E-state index in [1.165, 1.54) is 0 Å². The number of rotatable bonds is 3. The number of cyclic esters (lactones) is 1. The molecule has 0 saturated carbocycles. The molecule has 1 atom stereocenters. The standard InChI is InChI=1S/C22H26N4O3.ClH/c1-15-12-16(2)20(23-13-15)24-8-10-25(11-9-24)21(27)18-4-6-19(7-5-18)26-17(3)14-29-22(26)28;/h4-7,12-13,17H,8-11,14H2,1-3H3;1H. The minimum atomic E-state index is -0.340. The Kier molecular flexibility index (Phi) is 6.51. The van der Waals surface area contributed by atoms with Crippen molar-refractivity contribution < 1.29 is 14.3 Å². The number of carbonyl (C=O) groups excluding carboxylic acids is 2. The van der Waals surface area contributed by atoms with Gasteiger partial charge in [-0.2, -0.15) is 0 Å². The number of aryl methyl sites for hydroxylation is 2. The highest BCUT2D eigenvalue weighted by Crippen LogP contribution is 2.24. The van der Waals surface area contributed by atoms with Crippen LogP contribution < -0.4 is 9.80 Å². The highest BCUT2D eigenvalue weighted by molar-refractivity contribution is 5.96. The van der Waals surface area contributed by atoms with Gasteiger partial charge < -0.3 is 14.5 Å². The topological polar surface area (TPSA) is 66.0 Å². The molecule has 3 heterocycles.